The van der Waals surface area contributed by atoms with Crippen LogP contribution in [0.15, 0.2) is 28.0 Å². The highest BCUT2D eigenvalue weighted by Gasteiger charge is 2.45. The smallest absolute Gasteiger partial charge is 0.321 e. The Kier molecular flexibility index (Phi) is 4.68. The molecule has 6 nitrogen and oxygen atoms in total. The molecular formula is C22H20F3N5OS. The minimum absolute atomic E-state index is 0.00531. The number of nitrogens with zero attached hydrogens (tertiary/aromatic N) is 5. The van der Waals surface area contributed by atoms with E-state index >= 15 is 0 Å². The van der Waals surface area contributed by atoms with Crippen LogP contribution in [0.2, 0.25) is 0 Å². The third kappa shape index (κ3) is 3.22. The number of imidazole rings is 1. The Morgan fingerprint density at radius 2 is 2.03 bits per heavy atom. The summed E-state index contributed by atoms with van der Waals surface area (Å²) >= 11 is 1.52. The second-order valence-electron chi connectivity index (χ2n) is 8.36. The number of thioether (sulfide) groups is 1. The van der Waals surface area contributed by atoms with Gasteiger partial charge >= 0.3 is 6.18 Å². The second-order valence-corrected chi connectivity index (χ2v) is 9.67. The first-order valence-corrected chi connectivity index (χ1v) is 11.4. The molecule has 0 aliphatic heterocycles. The summed E-state index contributed by atoms with van der Waals surface area (Å²) in [4.78, 5) is 22.9. The quantitative estimate of drug-likeness (QED) is 0.512. The maximum atomic E-state index is 13.7. The first-order chi connectivity index (χ1) is 15.2. The van der Waals surface area contributed by atoms with Crippen molar-refractivity contribution in [3.8, 4) is 17.6 Å². The molecule has 2 saturated carbocycles. The highest BCUT2D eigenvalue weighted by atomic mass is 32.2. The molecule has 10 heteroatoms. The SMILES string of the molecule is CCSc1cc(C2(C#N)CC2)cnc1-c1nc2cc(C(F)(F)F)n(C3CC3)c(=O)c2n1C. The van der Waals surface area contributed by atoms with Gasteiger partial charge in [-0.1, -0.05) is 6.92 Å². The molecule has 0 spiro atoms. The predicted octanol–water partition coefficient (Wildman–Crippen LogP) is 4.82. The van der Waals surface area contributed by atoms with Gasteiger partial charge in [-0.3, -0.25) is 14.3 Å². The van der Waals surface area contributed by atoms with Gasteiger partial charge in [0.2, 0.25) is 0 Å². The standard InChI is InChI=1S/C22H20F3N5OS/c1-3-32-15-8-12(21(11-26)6-7-21)10-27-17(15)19-28-14-9-16(22(23,24)25)30(13-4-5-13)20(31)18(14)29(19)2/h8-10,13H,3-7H2,1-2H3. The largest absolute Gasteiger partial charge is 0.431 e. The molecule has 3 heterocycles. The van der Waals surface area contributed by atoms with Crippen molar-refractivity contribution in [3.63, 3.8) is 0 Å². The van der Waals surface area contributed by atoms with Crippen LogP contribution >= 0.6 is 11.8 Å². The monoisotopic (exact) mass is 459 g/mol. The van der Waals surface area contributed by atoms with Crippen molar-refractivity contribution in [2.75, 3.05) is 5.75 Å². The first-order valence-electron chi connectivity index (χ1n) is 10.4. The fraction of sp³-hybridized carbons (Fsp3) is 0.455. The van der Waals surface area contributed by atoms with E-state index in [4.69, 9.17) is 0 Å². The van der Waals surface area contributed by atoms with E-state index in [1.807, 2.05) is 13.0 Å². The zero-order valence-electron chi connectivity index (χ0n) is 17.5. The number of hydrogen-bond acceptors (Lipinski definition) is 5. The number of fused-ring (bicyclic) bond motifs is 1. The molecule has 0 unspecified atom stereocenters. The molecular weight excluding hydrogens is 439 g/mol. The minimum Gasteiger partial charge on any atom is -0.321 e. The summed E-state index contributed by atoms with van der Waals surface area (Å²) in [5, 5.41) is 9.52. The summed E-state index contributed by atoms with van der Waals surface area (Å²) in [6, 6.07) is 4.83. The normalized spacial score (nSPS) is 17.5. The van der Waals surface area contributed by atoms with Crippen LogP contribution in [0, 0.1) is 11.3 Å². The zero-order valence-corrected chi connectivity index (χ0v) is 18.3. The Labute approximate surface area is 186 Å². The van der Waals surface area contributed by atoms with Crippen LogP contribution in [0.25, 0.3) is 22.6 Å². The zero-order chi connectivity index (χ0) is 22.8. The van der Waals surface area contributed by atoms with Crippen LogP contribution in [-0.2, 0) is 18.6 Å². The molecule has 0 atom stereocenters. The topological polar surface area (TPSA) is 76.5 Å². The Bertz CT molecular complexity index is 1340. The van der Waals surface area contributed by atoms with Gasteiger partial charge in [0, 0.05) is 24.2 Å². The van der Waals surface area contributed by atoms with Gasteiger partial charge in [0.25, 0.3) is 5.56 Å². The maximum absolute atomic E-state index is 13.7. The van der Waals surface area contributed by atoms with Gasteiger partial charge in [-0.25, -0.2) is 4.98 Å². The molecule has 166 valence electrons. The van der Waals surface area contributed by atoms with Crippen LogP contribution < -0.4 is 5.56 Å². The number of rotatable bonds is 5. The van der Waals surface area contributed by atoms with Crippen molar-refractivity contribution in [3.05, 3.63) is 39.9 Å². The molecule has 2 aliphatic carbocycles. The van der Waals surface area contributed by atoms with E-state index in [1.54, 1.807) is 13.2 Å². The molecule has 0 saturated heterocycles. The van der Waals surface area contributed by atoms with Gasteiger partial charge in [-0.2, -0.15) is 18.4 Å². The summed E-state index contributed by atoms with van der Waals surface area (Å²) < 4.78 is 43.5. The Balaban J connectivity index is 1.72. The Hall–Kier alpha value is -2.80. The molecule has 5 rings (SSSR count). The van der Waals surface area contributed by atoms with E-state index in [9.17, 15) is 23.2 Å². The number of hydrogen-bond donors (Lipinski definition) is 0. The van der Waals surface area contributed by atoms with E-state index in [0.29, 0.717) is 24.4 Å². The number of halogens is 3. The molecule has 0 N–H and O–H groups in total. The summed E-state index contributed by atoms with van der Waals surface area (Å²) in [5.41, 5.74) is -0.660. The average Bonchev–Trinajstić information content (AvgIpc) is 3.66. The lowest BCUT2D eigenvalue weighted by Crippen LogP contribution is -2.28. The summed E-state index contributed by atoms with van der Waals surface area (Å²) in [7, 11) is 1.63. The highest BCUT2D eigenvalue weighted by molar-refractivity contribution is 7.99. The molecule has 3 aromatic rings. The third-order valence-corrected chi connectivity index (χ3v) is 7.07. The van der Waals surface area contributed by atoms with Crippen molar-refractivity contribution in [2.45, 2.75) is 55.1 Å². The third-order valence-electron chi connectivity index (χ3n) is 6.16. The van der Waals surface area contributed by atoms with E-state index in [0.717, 1.165) is 39.7 Å². The van der Waals surface area contributed by atoms with Gasteiger partial charge in [0.05, 0.1) is 17.0 Å². The van der Waals surface area contributed by atoms with Crippen LogP contribution in [0.4, 0.5) is 13.2 Å². The maximum Gasteiger partial charge on any atom is 0.431 e. The van der Waals surface area contributed by atoms with E-state index in [1.165, 1.54) is 16.3 Å². The van der Waals surface area contributed by atoms with Crippen molar-refractivity contribution < 1.29 is 13.2 Å². The van der Waals surface area contributed by atoms with Gasteiger partial charge in [-0.15, -0.1) is 11.8 Å². The van der Waals surface area contributed by atoms with Crippen molar-refractivity contribution in [1.29, 1.82) is 5.26 Å². The molecule has 3 aromatic heterocycles. The average molecular weight is 459 g/mol. The molecule has 0 bridgehead atoms. The lowest BCUT2D eigenvalue weighted by atomic mass is 9.99. The lowest BCUT2D eigenvalue weighted by molar-refractivity contribution is -0.144. The minimum atomic E-state index is -4.65. The number of aryl methyl sites for hydroxylation is 1. The van der Waals surface area contributed by atoms with Crippen LogP contribution in [0.5, 0.6) is 0 Å². The fourth-order valence-electron chi connectivity index (χ4n) is 4.15. The molecule has 0 amide bonds. The fourth-order valence-corrected chi connectivity index (χ4v) is 4.95. The van der Waals surface area contributed by atoms with Crippen molar-refractivity contribution in [2.24, 2.45) is 7.05 Å². The predicted molar refractivity (Wildman–Crippen MR) is 114 cm³/mol. The highest BCUT2D eigenvalue weighted by Crippen LogP contribution is 2.48. The summed E-state index contributed by atoms with van der Waals surface area (Å²) in [6.07, 6.45) is -0.316. The second kappa shape index (κ2) is 7.10. The van der Waals surface area contributed by atoms with Crippen molar-refractivity contribution >= 4 is 22.8 Å². The lowest BCUT2D eigenvalue weighted by Gasteiger charge is -2.15. The first kappa shape index (κ1) is 21.1. The number of alkyl halides is 3. The molecule has 0 radical (unpaired) electrons. The van der Waals surface area contributed by atoms with E-state index in [-0.39, 0.29) is 11.0 Å². The van der Waals surface area contributed by atoms with Crippen LogP contribution in [0.1, 0.15) is 49.9 Å². The molecule has 0 aromatic carbocycles. The van der Waals surface area contributed by atoms with E-state index in [2.05, 4.69) is 16.0 Å². The molecule has 32 heavy (non-hydrogen) atoms. The van der Waals surface area contributed by atoms with Gasteiger partial charge < -0.3 is 4.57 Å². The number of nitriles is 1. The molecule has 2 fully saturated rings. The number of pyridine rings is 2. The van der Waals surface area contributed by atoms with E-state index < -0.39 is 28.9 Å². The summed E-state index contributed by atoms with van der Waals surface area (Å²) in [5.74, 6) is 1.08. The number of aromatic nitrogens is 4. The molecule has 2 aliphatic rings. The Morgan fingerprint density at radius 1 is 1.31 bits per heavy atom. The summed E-state index contributed by atoms with van der Waals surface area (Å²) in [6.45, 7) is 1.98. The Morgan fingerprint density at radius 3 is 2.59 bits per heavy atom. The van der Waals surface area contributed by atoms with Crippen molar-refractivity contribution in [1.82, 2.24) is 19.1 Å². The van der Waals surface area contributed by atoms with Gasteiger partial charge in [0.1, 0.15) is 16.9 Å². The van der Waals surface area contributed by atoms with Gasteiger partial charge in [-0.05, 0) is 49.1 Å². The van der Waals surface area contributed by atoms with Crippen LogP contribution in [0.3, 0.4) is 0 Å². The van der Waals surface area contributed by atoms with Crippen LogP contribution in [-0.4, -0.2) is 24.9 Å². The van der Waals surface area contributed by atoms with Gasteiger partial charge in [0.15, 0.2) is 5.82 Å².